The molecule has 0 spiro atoms. The number of rotatable bonds is 3. The summed E-state index contributed by atoms with van der Waals surface area (Å²) in [6.07, 6.45) is 0. The Labute approximate surface area is 131 Å². The number of nitrogens with zero attached hydrogens (tertiary/aromatic N) is 2. The molecule has 1 N–H and O–H groups in total. The summed E-state index contributed by atoms with van der Waals surface area (Å²) < 4.78 is 29.9. The fourth-order valence-corrected chi connectivity index (χ4v) is 2.29. The first-order chi connectivity index (χ1) is 10.6. The minimum Gasteiger partial charge on any atom is -0.282 e. The Hall–Kier alpha value is -2.85. The Morgan fingerprint density at radius 2 is 1.39 bits per heavy atom. The Morgan fingerprint density at radius 3 is 1.74 bits per heavy atom. The molecule has 2 rings (SSSR count). The van der Waals surface area contributed by atoms with Crippen LogP contribution in [0.15, 0.2) is 53.4 Å². The highest BCUT2D eigenvalue weighted by atomic mass is 32.2. The lowest BCUT2D eigenvalue weighted by Crippen LogP contribution is -1.99. The molecule has 0 saturated carbocycles. The van der Waals surface area contributed by atoms with Gasteiger partial charge in [-0.3, -0.25) is 24.8 Å². The molecule has 0 aromatic heterocycles. The van der Waals surface area contributed by atoms with Crippen molar-refractivity contribution < 1.29 is 22.8 Å². The second kappa shape index (κ2) is 7.42. The first kappa shape index (κ1) is 18.2. The highest BCUT2D eigenvalue weighted by molar-refractivity contribution is 7.85. The topological polar surface area (TPSA) is 141 Å². The summed E-state index contributed by atoms with van der Waals surface area (Å²) in [5, 5.41) is 20.3. The van der Waals surface area contributed by atoms with Gasteiger partial charge in [0.25, 0.3) is 21.5 Å². The monoisotopic (exact) mass is 340 g/mol. The fraction of sp³-hybridized carbons (Fsp3) is 0.0769. The van der Waals surface area contributed by atoms with E-state index in [1.165, 1.54) is 24.3 Å². The van der Waals surface area contributed by atoms with Gasteiger partial charge < -0.3 is 0 Å². The van der Waals surface area contributed by atoms with Crippen LogP contribution in [-0.4, -0.2) is 22.8 Å². The molecule has 2 aromatic rings. The molecule has 0 unspecified atom stereocenters. The minimum atomic E-state index is -4.03. The van der Waals surface area contributed by atoms with E-state index in [0.29, 0.717) is 5.56 Å². The molecular weight excluding hydrogens is 328 g/mol. The van der Waals surface area contributed by atoms with Crippen LogP contribution in [0.25, 0.3) is 0 Å². The molecule has 0 atom stereocenters. The van der Waals surface area contributed by atoms with E-state index in [2.05, 4.69) is 0 Å². The Bertz CT molecular complexity index is 804. The van der Waals surface area contributed by atoms with Gasteiger partial charge in [-0.2, -0.15) is 8.42 Å². The number of hydrogen-bond acceptors (Lipinski definition) is 6. The first-order valence-electron chi connectivity index (χ1n) is 6.05. The van der Waals surface area contributed by atoms with Gasteiger partial charge in [-0.05, 0) is 24.6 Å². The van der Waals surface area contributed by atoms with Crippen molar-refractivity contribution in [3.05, 3.63) is 74.3 Å². The maximum absolute atomic E-state index is 10.6. The van der Waals surface area contributed by atoms with E-state index in [-0.39, 0.29) is 16.3 Å². The fourth-order valence-electron chi connectivity index (χ4n) is 1.57. The Balaban J connectivity index is 0.000000231. The Morgan fingerprint density at radius 1 is 0.913 bits per heavy atom. The standard InChI is InChI=1S/C7H8O3S.C6H4N2O4/c1-6-4-2-3-5-7(6)11(8,9)10;9-7(10)5-2-1-3-6(4-5)8(11)12/h2-5H,1H3,(H,8,9,10);1-4H. The van der Waals surface area contributed by atoms with Crippen molar-refractivity contribution in [3.8, 4) is 0 Å². The number of aryl methyl sites for hydroxylation is 1. The molecule has 0 bridgehead atoms. The van der Waals surface area contributed by atoms with Crippen LogP contribution in [0.5, 0.6) is 0 Å². The van der Waals surface area contributed by atoms with Crippen LogP contribution in [0.1, 0.15) is 5.56 Å². The largest absolute Gasteiger partial charge is 0.294 e. The molecule has 9 nitrogen and oxygen atoms in total. The summed E-state index contributed by atoms with van der Waals surface area (Å²) in [7, 11) is -4.03. The predicted molar refractivity (Wildman–Crippen MR) is 80.7 cm³/mol. The average Bonchev–Trinajstić information content (AvgIpc) is 2.47. The molecule has 122 valence electrons. The molecule has 0 amide bonds. The van der Waals surface area contributed by atoms with E-state index in [4.69, 9.17) is 4.55 Å². The van der Waals surface area contributed by atoms with Crippen LogP contribution in [0.2, 0.25) is 0 Å². The van der Waals surface area contributed by atoms with Crippen molar-refractivity contribution in [2.45, 2.75) is 11.8 Å². The molecule has 0 fully saturated rings. The van der Waals surface area contributed by atoms with Crippen LogP contribution >= 0.6 is 0 Å². The van der Waals surface area contributed by atoms with E-state index >= 15 is 0 Å². The highest BCUT2D eigenvalue weighted by Crippen LogP contribution is 2.18. The van der Waals surface area contributed by atoms with Crippen molar-refractivity contribution in [3.63, 3.8) is 0 Å². The smallest absolute Gasteiger partial charge is 0.282 e. The van der Waals surface area contributed by atoms with Gasteiger partial charge in [-0.25, -0.2) is 0 Å². The summed E-state index contributed by atoms with van der Waals surface area (Å²) in [5.74, 6) is 0. The molecule has 0 saturated heterocycles. The lowest BCUT2D eigenvalue weighted by Gasteiger charge is -1.99. The highest BCUT2D eigenvalue weighted by Gasteiger charge is 2.12. The maximum atomic E-state index is 10.6. The van der Waals surface area contributed by atoms with E-state index in [9.17, 15) is 28.6 Å². The SMILES string of the molecule is Cc1ccccc1S(=O)(=O)O.O=[N+]([O-])c1cccc([N+](=O)[O-])c1. The van der Waals surface area contributed by atoms with Crippen molar-refractivity contribution >= 4 is 21.5 Å². The van der Waals surface area contributed by atoms with E-state index in [1.807, 2.05) is 0 Å². The molecule has 0 heterocycles. The lowest BCUT2D eigenvalue weighted by atomic mass is 10.2. The zero-order chi connectivity index (χ0) is 17.6. The maximum Gasteiger partial charge on any atom is 0.294 e. The second-order valence-electron chi connectivity index (χ2n) is 4.27. The number of benzene rings is 2. The van der Waals surface area contributed by atoms with E-state index < -0.39 is 20.0 Å². The first-order valence-corrected chi connectivity index (χ1v) is 7.49. The number of nitro benzene ring substituents is 2. The van der Waals surface area contributed by atoms with Crippen molar-refractivity contribution in [2.24, 2.45) is 0 Å². The Kier molecular flexibility index (Phi) is 5.87. The van der Waals surface area contributed by atoms with Gasteiger partial charge in [0, 0.05) is 12.1 Å². The summed E-state index contributed by atoms with van der Waals surface area (Å²) >= 11 is 0. The van der Waals surface area contributed by atoms with Gasteiger partial charge in [0.2, 0.25) is 0 Å². The van der Waals surface area contributed by atoms with Gasteiger partial charge in [0.05, 0.1) is 20.8 Å². The predicted octanol–water partition coefficient (Wildman–Crippen LogP) is 2.74. The molecule has 2 aromatic carbocycles. The third-order valence-electron chi connectivity index (χ3n) is 2.62. The van der Waals surface area contributed by atoms with Crippen LogP contribution in [0.4, 0.5) is 11.4 Å². The normalized spacial score (nSPS) is 10.3. The molecule has 0 aliphatic carbocycles. The molecule has 0 radical (unpaired) electrons. The molecule has 10 heteroatoms. The summed E-state index contributed by atoms with van der Waals surface area (Å²) in [6.45, 7) is 1.63. The summed E-state index contributed by atoms with van der Waals surface area (Å²) in [6, 6.07) is 10.9. The number of hydrogen-bond donors (Lipinski definition) is 1. The van der Waals surface area contributed by atoms with Crippen LogP contribution in [-0.2, 0) is 10.1 Å². The van der Waals surface area contributed by atoms with E-state index in [1.54, 1.807) is 25.1 Å². The zero-order valence-electron chi connectivity index (χ0n) is 11.8. The van der Waals surface area contributed by atoms with Crippen LogP contribution < -0.4 is 0 Å². The van der Waals surface area contributed by atoms with Crippen molar-refractivity contribution in [2.75, 3.05) is 0 Å². The summed E-state index contributed by atoms with van der Waals surface area (Å²) in [5.41, 5.74) is 0.00315. The van der Waals surface area contributed by atoms with Crippen molar-refractivity contribution in [1.82, 2.24) is 0 Å². The molecular formula is C13H12N2O7S. The minimum absolute atomic E-state index is 0.0278. The van der Waals surface area contributed by atoms with Gasteiger partial charge in [-0.1, -0.05) is 18.2 Å². The van der Waals surface area contributed by atoms with E-state index in [0.717, 1.165) is 6.07 Å². The third-order valence-corrected chi connectivity index (χ3v) is 3.64. The molecule has 23 heavy (non-hydrogen) atoms. The molecule has 0 aliphatic heterocycles. The van der Waals surface area contributed by atoms with Gasteiger partial charge in [0.1, 0.15) is 0 Å². The van der Waals surface area contributed by atoms with Gasteiger partial charge >= 0.3 is 0 Å². The van der Waals surface area contributed by atoms with Gasteiger partial charge in [0.15, 0.2) is 0 Å². The second-order valence-corrected chi connectivity index (χ2v) is 5.66. The zero-order valence-corrected chi connectivity index (χ0v) is 12.6. The number of nitro groups is 2. The van der Waals surface area contributed by atoms with Crippen molar-refractivity contribution in [1.29, 1.82) is 0 Å². The summed E-state index contributed by atoms with van der Waals surface area (Å²) in [4.78, 5) is 18.9. The van der Waals surface area contributed by atoms with Crippen LogP contribution in [0.3, 0.4) is 0 Å². The quantitative estimate of drug-likeness (QED) is 0.514. The molecule has 0 aliphatic rings. The number of non-ortho nitro benzene ring substituents is 2. The third kappa shape index (κ3) is 5.45. The lowest BCUT2D eigenvalue weighted by molar-refractivity contribution is -0.394. The average molecular weight is 340 g/mol. The van der Waals surface area contributed by atoms with Crippen LogP contribution in [0, 0.1) is 27.2 Å². The van der Waals surface area contributed by atoms with Gasteiger partial charge in [-0.15, -0.1) is 0 Å².